The number of nitrogens with zero attached hydrogens (tertiary/aromatic N) is 1. The van der Waals surface area contributed by atoms with Crippen LogP contribution in [0.15, 0.2) is 29.3 Å². The van der Waals surface area contributed by atoms with Gasteiger partial charge in [-0.2, -0.15) is 0 Å². The maximum atomic E-state index is 12.1. The van der Waals surface area contributed by atoms with Crippen molar-refractivity contribution in [2.45, 2.75) is 25.7 Å². The minimum atomic E-state index is -4.68. The first-order valence-corrected chi connectivity index (χ1v) is 6.78. The van der Waals surface area contributed by atoms with E-state index in [1.54, 1.807) is 17.8 Å². The molecule has 0 bridgehead atoms. The zero-order valence-corrected chi connectivity index (χ0v) is 11.0. The molecule has 1 aliphatic heterocycles. The Morgan fingerprint density at radius 1 is 1.47 bits per heavy atom. The van der Waals surface area contributed by atoms with E-state index in [0.29, 0.717) is 5.69 Å². The molecule has 3 nitrogen and oxygen atoms in total. The van der Waals surface area contributed by atoms with Crippen molar-refractivity contribution >= 4 is 22.6 Å². The quantitative estimate of drug-likeness (QED) is 0.917. The first-order chi connectivity index (χ1) is 8.96. The summed E-state index contributed by atoms with van der Waals surface area (Å²) in [5.74, 6) is 0.658. The predicted octanol–water partition coefficient (Wildman–Crippen LogP) is 3.88. The lowest BCUT2D eigenvalue weighted by molar-refractivity contribution is -0.274. The summed E-state index contributed by atoms with van der Waals surface area (Å²) in [5.41, 5.74) is 0.532. The molecule has 104 valence electrons. The fourth-order valence-corrected chi connectivity index (χ4v) is 2.66. The van der Waals surface area contributed by atoms with Gasteiger partial charge in [0.15, 0.2) is 5.17 Å². The van der Waals surface area contributed by atoms with Crippen molar-refractivity contribution in [2.75, 3.05) is 11.1 Å². The SMILES string of the molecule is CCC1CSC(Nc2cccc(OC(F)(F)F)c2)=N1. The lowest BCUT2D eigenvalue weighted by Gasteiger charge is -2.10. The van der Waals surface area contributed by atoms with E-state index in [2.05, 4.69) is 22.0 Å². The Kier molecular flexibility index (Phi) is 4.24. The highest BCUT2D eigenvalue weighted by Gasteiger charge is 2.31. The highest BCUT2D eigenvalue weighted by atomic mass is 32.2. The maximum absolute atomic E-state index is 12.1. The molecular weight excluding hydrogens is 277 g/mol. The highest BCUT2D eigenvalue weighted by Crippen LogP contribution is 2.27. The molecule has 0 radical (unpaired) electrons. The Morgan fingerprint density at radius 2 is 2.26 bits per heavy atom. The van der Waals surface area contributed by atoms with Gasteiger partial charge in [-0.05, 0) is 18.6 Å². The molecule has 0 aliphatic carbocycles. The number of aliphatic imine (C=N–C) groups is 1. The van der Waals surface area contributed by atoms with Crippen LogP contribution in [0.5, 0.6) is 5.75 Å². The summed E-state index contributed by atoms with van der Waals surface area (Å²) in [7, 11) is 0. The standard InChI is InChI=1S/C12H13F3N2OS/c1-2-8-7-19-11(16-8)17-9-4-3-5-10(6-9)18-12(13,14)15/h3-6,8H,2,7H2,1H3,(H,16,17). The van der Waals surface area contributed by atoms with Crippen LogP contribution in [0.4, 0.5) is 18.9 Å². The van der Waals surface area contributed by atoms with E-state index in [1.807, 2.05) is 0 Å². The second kappa shape index (κ2) is 5.73. The van der Waals surface area contributed by atoms with E-state index in [9.17, 15) is 13.2 Å². The summed E-state index contributed by atoms with van der Waals surface area (Å²) in [6, 6.07) is 6.02. The minimum Gasteiger partial charge on any atom is -0.406 e. The van der Waals surface area contributed by atoms with Gasteiger partial charge in [0, 0.05) is 17.5 Å². The van der Waals surface area contributed by atoms with Crippen LogP contribution >= 0.6 is 11.8 Å². The number of alkyl halides is 3. The fraction of sp³-hybridized carbons (Fsp3) is 0.417. The number of ether oxygens (including phenoxy) is 1. The molecule has 0 aromatic heterocycles. The third-order valence-corrected chi connectivity index (χ3v) is 3.53. The van der Waals surface area contributed by atoms with Gasteiger partial charge >= 0.3 is 6.36 Å². The van der Waals surface area contributed by atoms with Gasteiger partial charge in [0.2, 0.25) is 0 Å². The van der Waals surface area contributed by atoms with Gasteiger partial charge in [-0.15, -0.1) is 13.2 Å². The molecule has 1 N–H and O–H groups in total. The Hall–Kier alpha value is -1.37. The summed E-state index contributed by atoms with van der Waals surface area (Å²) in [6.07, 6.45) is -3.72. The van der Waals surface area contributed by atoms with E-state index < -0.39 is 6.36 Å². The van der Waals surface area contributed by atoms with Crippen LogP contribution in [0.3, 0.4) is 0 Å². The lowest BCUT2D eigenvalue weighted by Crippen LogP contribution is -2.17. The van der Waals surface area contributed by atoms with Crippen molar-refractivity contribution in [3.63, 3.8) is 0 Å². The van der Waals surface area contributed by atoms with Gasteiger partial charge < -0.3 is 10.1 Å². The predicted molar refractivity (Wildman–Crippen MR) is 70.7 cm³/mol. The summed E-state index contributed by atoms with van der Waals surface area (Å²) in [4.78, 5) is 4.41. The number of halogens is 3. The molecule has 0 saturated heterocycles. The number of amidine groups is 1. The number of hydrogen-bond donors (Lipinski definition) is 1. The van der Waals surface area contributed by atoms with Crippen LogP contribution in [0.1, 0.15) is 13.3 Å². The number of hydrogen-bond acceptors (Lipinski definition) is 4. The molecule has 7 heteroatoms. The molecule has 0 amide bonds. The third kappa shape index (κ3) is 4.34. The largest absolute Gasteiger partial charge is 0.573 e. The summed E-state index contributed by atoms with van der Waals surface area (Å²) in [6.45, 7) is 2.05. The van der Waals surface area contributed by atoms with E-state index in [1.165, 1.54) is 18.2 Å². The normalized spacial score (nSPS) is 19.2. The maximum Gasteiger partial charge on any atom is 0.573 e. The molecule has 2 rings (SSSR count). The highest BCUT2D eigenvalue weighted by molar-refractivity contribution is 8.14. The monoisotopic (exact) mass is 290 g/mol. The Balaban J connectivity index is 2.03. The van der Waals surface area contributed by atoms with Crippen LogP contribution in [-0.4, -0.2) is 23.3 Å². The fourth-order valence-electron chi connectivity index (χ4n) is 1.59. The summed E-state index contributed by atoms with van der Waals surface area (Å²) >= 11 is 1.56. The number of rotatable bonds is 3. The Labute approximate surface area is 113 Å². The molecule has 1 aromatic carbocycles. The van der Waals surface area contributed by atoms with E-state index >= 15 is 0 Å². The molecule has 1 heterocycles. The van der Waals surface area contributed by atoms with Crippen molar-refractivity contribution in [2.24, 2.45) is 4.99 Å². The van der Waals surface area contributed by atoms with Gasteiger partial charge in [0.25, 0.3) is 0 Å². The summed E-state index contributed by atoms with van der Waals surface area (Å²) in [5, 5.41) is 3.73. The van der Waals surface area contributed by atoms with Crippen LogP contribution in [0.25, 0.3) is 0 Å². The van der Waals surface area contributed by atoms with Crippen LogP contribution in [-0.2, 0) is 0 Å². The van der Waals surface area contributed by atoms with Gasteiger partial charge in [0.05, 0.1) is 6.04 Å². The molecule has 0 fully saturated rings. The molecular formula is C12H13F3N2OS. The first-order valence-electron chi connectivity index (χ1n) is 5.79. The molecule has 1 atom stereocenters. The van der Waals surface area contributed by atoms with E-state index in [4.69, 9.17) is 0 Å². The molecule has 1 aromatic rings. The minimum absolute atomic E-state index is 0.242. The number of nitrogens with one attached hydrogen (secondary N) is 1. The van der Waals surface area contributed by atoms with Crippen LogP contribution < -0.4 is 10.1 Å². The van der Waals surface area contributed by atoms with E-state index in [0.717, 1.165) is 17.3 Å². The molecule has 1 aliphatic rings. The second-order valence-electron chi connectivity index (χ2n) is 4.01. The van der Waals surface area contributed by atoms with Crippen molar-refractivity contribution in [1.29, 1.82) is 0 Å². The molecule has 0 spiro atoms. The Bertz CT molecular complexity index is 476. The zero-order chi connectivity index (χ0) is 13.9. The summed E-state index contributed by atoms with van der Waals surface area (Å²) < 4.78 is 40.2. The lowest BCUT2D eigenvalue weighted by atomic mass is 10.3. The average molecular weight is 290 g/mol. The number of thioether (sulfide) groups is 1. The molecule has 19 heavy (non-hydrogen) atoms. The van der Waals surface area contributed by atoms with E-state index in [-0.39, 0.29) is 11.8 Å². The van der Waals surface area contributed by atoms with Gasteiger partial charge in [-0.25, -0.2) is 0 Å². The van der Waals surface area contributed by atoms with Crippen molar-refractivity contribution in [1.82, 2.24) is 0 Å². The van der Waals surface area contributed by atoms with Gasteiger partial charge in [-0.1, -0.05) is 24.8 Å². The van der Waals surface area contributed by atoms with Gasteiger partial charge in [-0.3, -0.25) is 4.99 Å². The third-order valence-electron chi connectivity index (χ3n) is 2.50. The second-order valence-corrected chi connectivity index (χ2v) is 5.02. The number of anilines is 1. The smallest absolute Gasteiger partial charge is 0.406 e. The van der Waals surface area contributed by atoms with Gasteiger partial charge in [0.1, 0.15) is 5.75 Å². The zero-order valence-electron chi connectivity index (χ0n) is 10.2. The topological polar surface area (TPSA) is 33.6 Å². The molecule has 0 saturated carbocycles. The Morgan fingerprint density at radius 3 is 2.89 bits per heavy atom. The average Bonchev–Trinajstić information content (AvgIpc) is 2.75. The van der Waals surface area contributed by atoms with Crippen molar-refractivity contribution in [3.05, 3.63) is 24.3 Å². The van der Waals surface area contributed by atoms with Crippen LogP contribution in [0, 0.1) is 0 Å². The van der Waals surface area contributed by atoms with Crippen LogP contribution in [0.2, 0.25) is 0 Å². The first kappa shape index (κ1) is 14.0. The number of benzene rings is 1. The van der Waals surface area contributed by atoms with Crippen molar-refractivity contribution in [3.8, 4) is 5.75 Å². The molecule has 1 unspecified atom stereocenters. The van der Waals surface area contributed by atoms with Crippen molar-refractivity contribution < 1.29 is 17.9 Å².